The number of piperazine rings is 1. The van der Waals surface area contributed by atoms with E-state index >= 15 is 0 Å². The minimum atomic E-state index is -0.187. The van der Waals surface area contributed by atoms with Crippen molar-refractivity contribution in [2.75, 3.05) is 44.2 Å². The lowest BCUT2D eigenvalue weighted by Gasteiger charge is -2.35. The first-order valence-corrected chi connectivity index (χ1v) is 7.84. The molecule has 0 bridgehead atoms. The number of nitrogens with two attached hydrogens (primary N) is 1. The van der Waals surface area contributed by atoms with Crippen molar-refractivity contribution in [3.05, 3.63) is 30.1 Å². The second kappa shape index (κ2) is 7.98. The third-order valence-corrected chi connectivity index (χ3v) is 3.70. The third-order valence-electron chi connectivity index (χ3n) is 3.70. The fourth-order valence-electron chi connectivity index (χ4n) is 2.53. The number of halogens is 1. The molecular formula is C16H26FN5. The van der Waals surface area contributed by atoms with Crippen molar-refractivity contribution in [3.63, 3.8) is 0 Å². The Morgan fingerprint density at radius 2 is 1.86 bits per heavy atom. The number of anilines is 1. The first-order chi connectivity index (χ1) is 10.5. The highest BCUT2D eigenvalue weighted by Crippen LogP contribution is 2.16. The molecule has 6 heteroatoms. The summed E-state index contributed by atoms with van der Waals surface area (Å²) in [6, 6.07) is 7.02. The van der Waals surface area contributed by atoms with Gasteiger partial charge in [0, 0.05) is 44.5 Å². The molecule has 0 saturated carbocycles. The van der Waals surface area contributed by atoms with Crippen LogP contribution < -0.4 is 16.0 Å². The lowest BCUT2D eigenvalue weighted by molar-refractivity contribution is 0.265. The molecule has 1 aliphatic rings. The molecule has 1 aromatic rings. The summed E-state index contributed by atoms with van der Waals surface area (Å²) >= 11 is 0. The van der Waals surface area contributed by atoms with E-state index in [1.165, 1.54) is 12.1 Å². The van der Waals surface area contributed by atoms with Crippen LogP contribution in [0, 0.1) is 5.82 Å². The molecule has 22 heavy (non-hydrogen) atoms. The predicted molar refractivity (Wildman–Crippen MR) is 89.8 cm³/mol. The van der Waals surface area contributed by atoms with Crippen molar-refractivity contribution in [3.8, 4) is 0 Å². The molecule has 0 aliphatic carbocycles. The lowest BCUT2D eigenvalue weighted by Crippen LogP contribution is -2.47. The standard InChI is InChI=1S/C16H26FN5/c1-13(2)20-16(18)19-7-8-21-9-11-22(12-10-21)15-5-3-14(17)4-6-15/h3-6,13H,7-12H2,1-2H3,(H3,18,19,20). The molecule has 0 atom stereocenters. The second-order valence-corrected chi connectivity index (χ2v) is 5.87. The molecule has 3 N–H and O–H groups in total. The number of nitrogens with one attached hydrogen (secondary N) is 1. The van der Waals surface area contributed by atoms with Gasteiger partial charge in [-0.05, 0) is 38.1 Å². The molecule has 5 nitrogen and oxygen atoms in total. The highest BCUT2D eigenvalue weighted by molar-refractivity contribution is 5.78. The third kappa shape index (κ3) is 5.18. The van der Waals surface area contributed by atoms with Gasteiger partial charge in [0.25, 0.3) is 0 Å². The molecule has 1 heterocycles. The van der Waals surface area contributed by atoms with Crippen LogP contribution >= 0.6 is 0 Å². The van der Waals surface area contributed by atoms with Crippen molar-refractivity contribution >= 4 is 11.6 Å². The molecule has 0 radical (unpaired) electrons. The molecule has 2 rings (SSSR count). The maximum absolute atomic E-state index is 12.9. The van der Waals surface area contributed by atoms with Crippen LogP contribution in [0.25, 0.3) is 0 Å². The number of nitrogens with zero attached hydrogens (tertiary/aromatic N) is 3. The summed E-state index contributed by atoms with van der Waals surface area (Å²) in [5.41, 5.74) is 6.87. The number of guanidine groups is 1. The molecule has 1 fully saturated rings. The summed E-state index contributed by atoms with van der Waals surface area (Å²) in [6.07, 6.45) is 0. The Labute approximate surface area is 132 Å². The average molecular weight is 307 g/mol. The number of rotatable bonds is 5. The normalized spacial score (nSPS) is 17.1. The number of aliphatic imine (C=N–C) groups is 1. The molecule has 1 saturated heterocycles. The van der Waals surface area contributed by atoms with Crippen LogP contribution in [0.4, 0.5) is 10.1 Å². The molecule has 122 valence electrons. The number of benzene rings is 1. The number of hydrogen-bond acceptors (Lipinski definition) is 3. The lowest BCUT2D eigenvalue weighted by atomic mass is 10.2. The van der Waals surface area contributed by atoms with E-state index in [4.69, 9.17) is 5.73 Å². The van der Waals surface area contributed by atoms with Crippen LogP contribution in [0.2, 0.25) is 0 Å². The molecule has 1 aliphatic heterocycles. The summed E-state index contributed by atoms with van der Waals surface area (Å²) in [5.74, 6) is 0.327. The number of hydrogen-bond donors (Lipinski definition) is 2. The topological polar surface area (TPSA) is 56.9 Å². The Kier molecular flexibility index (Phi) is 6.00. The van der Waals surface area contributed by atoms with E-state index in [-0.39, 0.29) is 5.82 Å². The Balaban J connectivity index is 1.72. The van der Waals surface area contributed by atoms with E-state index in [1.54, 1.807) is 0 Å². The highest BCUT2D eigenvalue weighted by atomic mass is 19.1. The first-order valence-electron chi connectivity index (χ1n) is 7.84. The maximum atomic E-state index is 12.9. The maximum Gasteiger partial charge on any atom is 0.188 e. The van der Waals surface area contributed by atoms with E-state index in [1.807, 2.05) is 26.0 Å². The minimum absolute atomic E-state index is 0.187. The van der Waals surface area contributed by atoms with E-state index < -0.39 is 0 Å². The predicted octanol–water partition coefficient (Wildman–Crippen LogP) is 1.26. The van der Waals surface area contributed by atoms with E-state index in [9.17, 15) is 4.39 Å². The smallest absolute Gasteiger partial charge is 0.188 e. The van der Waals surface area contributed by atoms with Crippen molar-refractivity contribution in [1.29, 1.82) is 0 Å². The summed E-state index contributed by atoms with van der Waals surface area (Å²) in [5, 5.41) is 3.08. The van der Waals surface area contributed by atoms with Crippen molar-refractivity contribution in [2.24, 2.45) is 10.7 Å². The molecular weight excluding hydrogens is 281 g/mol. The van der Waals surface area contributed by atoms with Gasteiger partial charge < -0.3 is 16.0 Å². The van der Waals surface area contributed by atoms with Crippen LogP contribution in [0.15, 0.2) is 29.3 Å². The van der Waals surface area contributed by atoms with Gasteiger partial charge in [-0.15, -0.1) is 0 Å². The molecule has 0 amide bonds. The van der Waals surface area contributed by atoms with Crippen LogP contribution in [0.1, 0.15) is 13.8 Å². The monoisotopic (exact) mass is 307 g/mol. The Hall–Kier alpha value is -1.82. The first kappa shape index (κ1) is 16.5. The van der Waals surface area contributed by atoms with Gasteiger partial charge in [-0.2, -0.15) is 0 Å². The quantitative estimate of drug-likeness (QED) is 0.635. The summed E-state index contributed by atoms with van der Waals surface area (Å²) in [4.78, 5) is 9.00. The van der Waals surface area contributed by atoms with Crippen LogP contribution in [-0.4, -0.2) is 56.2 Å². The van der Waals surface area contributed by atoms with E-state index in [0.717, 1.165) is 38.4 Å². The molecule has 0 spiro atoms. The zero-order valence-corrected chi connectivity index (χ0v) is 13.4. The fourth-order valence-corrected chi connectivity index (χ4v) is 2.53. The van der Waals surface area contributed by atoms with Gasteiger partial charge in [0.2, 0.25) is 0 Å². The zero-order chi connectivity index (χ0) is 15.9. The van der Waals surface area contributed by atoms with E-state index in [2.05, 4.69) is 20.1 Å². The van der Waals surface area contributed by atoms with Gasteiger partial charge in [-0.1, -0.05) is 0 Å². The summed E-state index contributed by atoms with van der Waals surface area (Å²) < 4.78 is 12.9. The van der Waals surface area contributed by atoms with Gasteiger partial charge in [0.05, 0.1) is 6.54 Å². The van der Waals surface area contributed by atoms with Gasteiger partial charge in [-0.3, -0.25) is 9.89 Å². The highest BCUT2D eigenvalue weighted by Gasteiger charge is 2.16. The van der Waals surface area contributed by atoms with Crippen molar-refractivity contribution < 1.29 is 4.39 Å². The van der Waals surface area contributed by atoms with Crippen molar-refractivity contribution in [1.82, 2.24) is 10.2 Å². The van der Waals surface area contributed by atoms with Gasteiger partial charge in [-0.25, -0.2) is 4.39 Å². The molecule has 0 unspecified atom stereocenters. The van der Waals surface area contributed by atoms with Gasteiger partial charge in [0.15, 0.2) is 5.96 Å². The van der Waals surface area contributed by atoms with E-state index in [0.29, 0.717) is 18.5 Å². The molecule has 0 aromatic heterocycles. The largest absolute Gasteiger partial charge is 0.370 e. The summed E-state index contributed by atoms with van der Waals surface area (Å²) in [6.45, 7) is 9.59. The molecule has 1 aromatic carbocycles. The summed E-state index contributed by atoms with van der Waals surface area (Å²) in [7, 11) is 0. The SMILES string of the molecule is CC(C)NC(N)=NCCN1CCN(c2ccc(F)cc2)CC1. The van der Waals surface area contributed by atoms with Gasteiger partial charge >= 0.3 is 0 Å². The Morgan fingerprint density at radius 3 is 2.45 bits per heavy atom. The van der Waals surface area contributed by atoms with Crippen LogP contribution in [-0.2, 0) is 0 Å². The average Bonchev–Trinajstić information content (AvgIpc) is 2.48. The van der Waals surface area contributed by atoms with Crippen LogP contribution in [0.3, 0.4) is 0 Å². The van der Waals surface area contributed by atoms with Crippen LogP contribution in [0.5, 0.6) is 0 Å². The Bertz CT molecular complexity index is 478. The minimum Gasteiger partial charge on any atom is -0.370 e. The zero-order valence-electron chi connectivity index (χ0n) is 13.4. The Morgan fingerprint density at radius 1 is 1.23 bits per heavy atom. The van der Waals surface area contributed by atoms with Crippen molar-refractivity contribution in [2.45, 2.75) is 19.9 Å². The fraction of sp³-hybridized carbons (Fsp3) is 0.562. The van der Waals surface area contributed by atoms with Gasteiger partial charge in [0.1, 0.15) is 5.82 Å². The second-order valence-electron chi connectivity index (χ2n) is 5.87.